The molecule has 6 heteroatoms. The van der Waals surface area contributed by atoms with Crippen molar-refractivity contribution in [2.45, 2.75) is 0 Å². The molecule has 1 aliphatic heterocycles. The maximum atomic E-state index is 9.37. The molecule has 3 aromatic heterocycles. The van der Waals surface area contributed by atoms with Crippen molar-refractivity contribution in [2.75, 3.05) is 0 Å². The second kappa shape index (κ2) is 14.5. The summed E-state index contributed by atoms with van der Waals surface area (Å²) in [6, 6.07) is 57.3. The molecule has 5 nitrogen and oxygen atoms in total. The smallest absolute Gasteiger partial charge is 0.136 e. The Kier molecular flexibility index (Phi) is 7.20. The molecule has 8 aromatic carbocycles. The molecular weight excluding hydrogens is 916 g/mol. The predicted octanol–water partition coefficient (Wildman–Crippen LogP) is 13.8. The van der Waals surface area contributed by atoms with Gasteiger partial charge >= 0.3 is 0 Å². The van der Waals surface area contributed by atoms with E-state index in [-0.39, 0.29) is 78.2 Å². The minimum Gasteiger partial charge on any atom is -0.510 e. The zero-order chi connectivity index (χ0) is 44.1. The molecule has 0 fully saturated rings. The van der Waals surface area contributed by atoms with Crippen molar-refractivity contribution >= 4 is 82.1 Å². The van der Waals surface area contributed by atoms with Crippen LogP contribution in [-0.2, 0) is 21.1 Å². The van der Waals surface area contributed by atoms with E-state index in [4.69, 9.17) is 14.9 Å². The van der Waals surface area contributed by atoms with E-state index in [0.717, 1.165) is 54.9 Å². The van der Waals surface area contributed by atoms with Crippen LogP contribution >= 0.6 is 0 Å². The number of pyridine rings is 1. The van der Waals surface area contributed by atoms with Crippen LogP contribution in [0.4, 0.5) is 0 Å². The fourth-order valence-corrected chi connectivity index (χ4v) is 8.40. The van der Waals surface area contributed by atoms with Gasteiger partial charge in [-0.25, -0.2) is 4.98 Å². The Balaban J connectivity index is 0.00000481. The summed E-state index contributed by atoms with van der Waals surface area (Å²) >= 11 is 0. The summed E-state index contributed by atoms with van der Waals surface area (Å²) in [6.45, 7) is 0. The van der Waals surface area contributed by atoms with Gasteiger partial charge in [-0.2, -0.15) is 24.2 Å². The molecule has 0 saturated carbocycles. The summed E-state index contributed by atoms with van der Waals surface area (Å²) in [4.78, 5) is 5.15. The maximum Gasteiger partial charge on any atom is 0.136 e. The Labute approximate surface area is 367 Å². The number of nitrogens with zero attached hydrogens (tertiary/aromatic N) is 4. The Morgan fingerprint density at radius 2 is 1.28 bits per heavy atom. The first kappa shape index (κ1) is 29.8. The number of para-hydroxylation sites is 4. The van der Waals surface area contributed by atoms with E-state index < -0.39 is 12.1 Å². The molecular formula is C54H33N4OPt-3. The third-order valence-electron chi connectivity index (χ3n) is 11.0. The number of fused-ring (bicyclic) bond motifs is 23. The number of hydrogen-bond donors (Lipinski definition) is 0. The number of benzene rings is 8. The third-order valence-corrected chi connectivity index (χ3v) is 11.0. The summed E-state index contributed by atoms with van der Waals surface area (Å²) in [7, 11) is 0. The van der Waals surface area contributed by atoms with E-state index in [1.807, 2.05) is 60.7 Å². The maximum absolute atomic E-state index is 9.37. The van der Waals surface area contributed by atoms with Crippen LogP contribution in [-0.4, -0.2) is 18.5 Å². The second-order valence-corrected chi connectivity index (χ2v) is 14.4. The van der Waals surface area contributed by atoms with E-state index in [2.05, 4.69) is 113 Å². The largest absolute Gasteiger partial charge is 0.510 e. The molecule has 12 rings (SSSR count). The second-order valence-electron chi connectivity index (χ2n) is 14.4. The topological polar surface area (TPSA) is 40.3 Å². The van der Waals surface area contributed by atoms with E-state index in [9.17, 15) is 2.74 Å². The van der Waals surface area contributed by atoms with Crippen LogP contribution in [0.25, 0.3) is 105 Å². The van der Waals surface area contributed by atoms with Crippen molar-refractivity contribution in [3.63, 3.8) is 0 Å². The van der Waals surface area contributed by atoms with Crippen molar-refractivity contribution in [3.8, 4) is 22.5 Å². The molecule has 0 atom stereocenters. The summed E-state index contributed by atoms with van der Waals surface area (Å²) in [6.07, 6.45) is 2.07. The molecule has 0 saturated heterocycles. The SMILES string of the molecule is [2H]c1c([2H])c([2H])c2c(c1[2H])c1c([2H])c([2H])c3[c-]c1n2c1cccc(n1)c1cccc(c1)c1ccccc1c1cccc(-c2ccccc2)c1n1[cH-]n(c2[c-]c(ccc2)o3)-c2ccccc2-1.[Pt]. The summed E-state index contributed by atoms with van der Waals surface area (Å²) < 4.78 is 66.4. The first-order valence-electron chi connectivity index (χ1n) is 22.3. The van der Waals surface area contributed by atoms with Crippen molar-refractivity contribution in [2.24, 2.45) is 0 Å². The van der Waals surface area contributed by atoms with Gasteiger partial charge in [0.15, 0.2) is 0 Å². The molecule has 0 spiro atoms. The van der Waals surface area contributed by atoms with Crippen LogP contribution in [0.2, 0.25) is 0 Å². The Morgan fingerprint density at radius 1 is 0.550 bits per heavy atom. The summed E-state index contributed by atoms with van der Waals surface area (Å²) in [5, 5.41) is 5.09. The molecule has 60 heavy (non-hydrogen) atoms. The van der Waals surface area contributed by atoms with Crippen molar-refractivity contribution in [1.29, 1.82) is 0 Å². The zero-order valence-corrected chi connectivity index (χ0v) is 33.9. The molecule has 0 N–H and O–H groups in total. The van der Waals surface area contributed by atoms with Crippen molar-refractivity contribution in [3.05, 3.63) is 212 Å². The van der Waals surface area contributed by atoms with Gasteiger partial charge in [0.25, 0.3) is 0 Å². The number of imidazole rings is 1. The number of rotatable bonds is 1. The monoisotopic (exact) mass is 954 g/mol. The van der Waals surface area contributed by atoms with Gasteiger partial charge in [-0.3, -0.25) is 0 Å². The fourth-order valence-electron chi connectivity index (χ4n) is 8.40. The average Bonchev–Trinajstić information content (AvgIpc) is 3.91. The molecule has 0 radical (unpaired) electrons. The molecule has 1 aliphatic rings. The molecule has 288 valence electrons. The van der Waals surface area contributed by atoms with Gasteiger partial charge in [0.1, 0.15) is 5.65 Å². The van der Waals surface area contributed by atoms with E-state index in [0.29, 0.717) is 16.7 Å². The average molecular weight is 955 g/mol. The third kappa shape index (κ3) is 5.81. The van der Waals surface area contributed by atoms with Crippen molar-refractivity contribution in [1.82, 2.24) is 18.5 Å². The summed E-state index contributed by atoms with van der Waals surface area (Å²) in [5.41, 5.74) is 7.12. The standard InChI is InChI=1S/C54H33N4O.Pt/c1-2-14-36(15-3-1)43-23-12-24-47-44-21-5-4-20-42(44)37-16-10-17-38(32-37)48-25-13-29-53(55-48)58-49-26-7-6-22-45(49)46-31-30-41(34-52(46)58)59-40-19-11-18-39(33-40)56-35-57(54(43)47)51-28-9-8-27-50(51)56;/h1-32,35H;/q-3;/i6D,7D,22D,26D,30D,31D;. The molecule has 4 heterocycles. The van der Waals surface area contributed by atoms with Gasteiger partial charge < -0.3 is 18.0 Å². The van der Waals surface area contributed by atoms with E-state index in [1.54, 1.807) is 16.5 Å². The van der Waals surface area contributed by atoms with Crippen LogP contribution < -0.4 is 0 Å². The van der Waals surface area contributed by atoms with Gasteiger partial charge in [-0.1, -0.05) is 145 Å². The van der Waals surface area contributed by atoms with Gasteiger partial charge in [0, 0.05) is 50.8 Å². The quantitative estimate of drug-likeness (QED) is 0.154. The Bertz CT molecular complexity index is 4110. The zero-order valence-electron chi connectivity index (χ0n) is 37.6. The number of hydrogen-bond acceptors (Lipinski definition) is 2. The minimum atomic E-state index is -0.441. The van der Waals surface area contributed by atoms with Crippen LogP contribution in [0.1, 0.15) is 8.22 Å². The number of aromatic nitrogens is 4. The van der Waals surface area contributed by atoms with Gasteiger partial charge in [-0.15, -0.1) is 29.1 Å². The van der Waals surface area contributed by atoms with Crippen LogP contribution in [0.15, 0.2) is 205 Å². The molecule has 11 aromatic rings. The molecule has 0 aliphatic carbocycles. The normalized spacial score (nSPS) is 12.9. The predicted molar refractivity (Wildman–Crippen MR) is 243 cm³/mol. The first-order chi connectivity index (χ1) is 31.7. The van der Waals surface area contributed by atoms with Crippen molar-refractivity contribution < 1.29 is 33.7 Å². The first-order valence-corrected chi connectivity index (χ1v) is 19.3. The van der Waals surface area contributed by atoms with Crippen LogP contribution in [0, 0.1) is 12.1 Å². The van der Waals surface area contributed by atoms with Gasteiger partial charge in [-0.05, 0) is 80.6 Å². The molecule has 10 bridgehead atoms. The Hall–Kier alpha value is -7.33. The van der Waals surface area contributed by atoms with Gasteiger partial charge in [0.2, 0.25) is 0 Å². The van der Waals surface area contributed by atoms with Gasteiger partial charge in [0.05, 0.1) is 11.0 Å². The Morgan fingerprint density at radius 3 is 2.18 bits per heavy atom. The van der Waals surface area contributed by atoms with E-state index in [1.165, 1.54) is 0 Å². The summed E-state index contributed by atoms with van der Waals surface area (Å²) in [5.74, 6) is 0. The van der Waals surface area contributed by atoms with E-state index >= 15 is 0 Å². The minimum absolute atomic E-state index is 0. The molecule has 0 amide bonds. The molecule has 0 unspecified atom stereocenters. The van der Waals surface area contributed by atoms with Crippen LogP contribution in [0.5, 0.6) is 0 Å². The van der Waals surface area contributed by atoms with Crippen LogP contribution in [0.3, 0.4) is 0 Å². The fraction of sp³-hybridized carbons (Fsp3) is 0.